The van der Waals surface area contributed by atoms with Crippen molar-refractivity contribution in [2.24, 2.45) is 23.2 Å². The molecule has 1 aromatic heterocycles. The van der Waals surface area contributed by atoms with Gasteiger partial charge in [0.25, 0.3) is 0 Å². The molecule has 1 aliphatic heterocycles. The van der Waals surface area contributed by atoms with Gasteiger partial charge >= 0.3 is 5.69 Å². The van der Waals surface area contributed by atoms with Crippen molar-refractivity contribution >= 4 is 33.8 Å². The Hall–Kier alpha value is -2.89. The number of phenolic OH excluding ortho intramolecular Hbond substituents is 1. The molecule has 220 valence electrons. The van der Waals surface area contributed by atoms with Crippen LogP contribution in [0.5, 0.6) is 5.75 Å². The van der Waals surface area contributed by atoms with Gasteiger partial charge in [0, 0.05) is 60.1 Å². The third-order valence-corrected chi connectivity index (χ3v) is 11.0. The number of Topliss-reactive ketones (excluding diaryl/α,β-unsaturated/α-hetero) is 1. The van der Waals surface area contributed by atoms with Crippen molar-refractivity contribution in [3.05, 3.63) is 43.9 Å². The zero-order valence-electron chi connectivity index (χ0n) is 23.7. The number of rotatable bonds is 7. The van der Waals surface area contributed by atoms with E-state index < -0.39 is 10.3 Å². The largest absolute Gasteiger partial charge is 0.502 e. The van der Waals surface area contributed by atoms with Crippen LogP contribution in [0.4, 0.5) is 10.8 Å². The SMILES string of the molecule is Cc1cnc(NC(=O)CCC2CC(=O)C3(C)CCC4c5cc(CN6CCOCC6)c(O)c([N+](=O)[O-])c5CCC4C23)s1. The summed E-state index contributed by atoms with van der Waals surface area (Å²) in [5, 5.41) is 26.8. The Bertz CT molecular complexity index is 1370. The Kier molecular flexibility index (Phi) is 7.63. The summed E-state index contributed by atoms with van der Waals surface area (Å²) >= 11 is 1.44. The van der Waals surface area contributed by atoms with Gasteiger partial charge in [-0.3, -0.25) is 24.6 Å². The highest BCUT2D eigenvalue weighted by Gasteiger charge is 2.59. The number of nitrogens with zero attached hydrogens (tertiary/aromatic N) is 3. The topological polar surface area (TPSA) is 135 Å². The first-order chi connectivity index (χ1) is 19.7. The normalized spacial score (nSPS) is 29.5. The van der Waals surface area contributed by atoms with Crippen molar-refractivity contribution in [3.63, 3.8) is 0 Å². The highest BCUT2D eigenvalue weighted by molar-refractivity contribution is 7.15. The number of hydrogen-bond donors (Lipinski definition) is 2. The molecule has 5 atom stereocenters. The zero-order valence-corrected chi connectivity index (χ0v) is 24.5. The summed E-state index contributed by atoms with van der Waals surface area (Å²) in [7, 11) is 0. The molecule has 0 spiro atoms. The van der Waals surface area contributed by atoms with Gasteiger partial charge in [-0.25, -0.2) is 4.98 Å². The smallest absolute Gasteiger partial charge is 0.314 e. The number of fused-ring (bicyclic) bond motifs is 5. The number of benzene rings is 1. The molecule has 3 aliphatic carbocycles. The Morgan fingerprint density at radius 1 is 1.34 bits per heavy atom. The molecule has 41 heavy (non-hydrogen) atoms. The van der Waals surface area contributed by atoms with Gasteiger partial charge < -0.3 is 15.2 Å². The molecular formula is C30H38N4O6S. The number of phenols is 1. The molecule has 0 bridgehead atoms. The maximum atomic E-state index is 13.4. The predicted molar refractivity (Wildman–Crippen MR) is 154 cm³/mol. The monoisotopic (exact) mass is 582 g/mol. The molecule has 5 unspecified atom stereocenters. The van der Waals surface area contributed by atoms with Crippen LogP contribution in [0.1, 0.15) is 72.9 Å². The van der Waals surface area contributed by atoms with Crippen LogP contribution in [-0.4, -0.2) is 57.9 Å². The van der Waals surface area contributed by atoms with Gasteiger partial charge in [-0.2, -0.15) is 0 Å². The molecule has 2 heterocycles. The summed E-state index contributed by atoms with van der Waals surface area (Å²) in [6.45, 7) is 7.14. The third kappa shape index (κ3) is 5.17. The number of ether oxygens (including phenoxy) is 1. The van der Waals surface area contributed by atoms with Crippen LogP contribution < -0.4 is 5.32 Å². The van der Waals surface area contributed by atoms with Crippen LogP contribution >= 0.6 is 11.3 Å². The average molecular weight is 583 g/mol. The molecule has 2 aromatic rings. The number of aromatic hydroxyl groups is 1. The number of thiazole rings is 1. The van der Waals surface area contributed by atoms with Crippen LogP contribution in [0, 0.1) is 40.2 Å². The van der Waals surface area contributed by atoms with E-state index in [0.29, 0.717) is 61.7 Å². The van der Waals surface area contributed by atoms with Crippen LogP contribution in [0.15, 0.2) is 12.3 Å². The van der Waals surface area contributed by atoms with E-state index in [4.69, 9.17) is 4.74 Å². The Morgan fingerprint density at radius 2 is 2.12 bits per heavy atom. The second kappa shape index (κ2) is 11.1. The molecule has 1 saturated heterocycles. The zero-order chi connectivity index (χ0) is 28.9. The van der Waals surface area contributed by atoms with Gasteiger partial charge in [0.2, 0.25) is 5.91 Å². The Labute approximate surface area is 243 Å². The lowest BCUT2D eigenvalue weighted by Crippen LogP contribution is -2.44. The number of anilines is 1. The number of carbonyl (C=O) groups is 2. The number of ketones is 1. The first-order valence-corrected chi connectivity index (χ1v) is 15.5. The molecule has 10 nitrogen and oxygen atoms in total. The molecule has 2 N–H and O–H groups in total. The van der Waals surface area contributed by atoms with Crippen molar-refractivity contribution in [2.75, 3.05) is 31.6 Å². The number of nitro benzene ring substituents is 1. The molecule has 4 aliphatic rings. The molecular weight excluding hydrogens is 544 g/mol. The van der Waals surface area contributed by atoms with Gasteiger partial charge in [0.1, 0.15) is 5.78 Å². The van der Waals surface area contributed by atoms with E-state index in [9.17, 15) is 24.8 Å². The van der Waals surface area contributed by atoms with E-state index in [2.05, 4.69) is 22.1 Å². The van der Waals surface area contributed by atoms with E-state index in [-0.39, 0.29) is 46.8 Å². The minimum Gasteiger partial charge on any atom is -0.502 e. The van der Waals surface area contributed by atoms with Crippen molar-refractivity contribution < 1.29 is 24.4 Å². The minimum absolute atomic E-state index is 0.0828. The quantitative estimate of drug-likeness (QED) is 0.345. The lowest BCUT2D eigenvalue weighted by molar-refractivity contribution is -0.386. The number of nitrogens with one attached hydrogen (secondary N) is 1. The number of hydrogen-bond acceptors (Lipinski definition) is 9. The van der Waals surface area contributed by atoms with Crippen LogP contribution in [0.2, 0.25) is 0 Å². The van der Waals surface area contributed by atoms with Crippen LogP contribution in [0.25, 0.3) is 0 Å². The number of carbonyl (C=O) groups excluding carboxylic acids is 2. The number of aryl methyl sites for hydroxylation is 1. The van der Waals surface area contributed by atoms with E-state index in [1.807, 2.05) is 13.0 Å². The molecule has 0 radical (unpaired) electrons. The molecule has 1 amide bonds. The molecule has 6 rings (SSSR count). The number of morpholine rings is 1. The summed E-state index contributed by atoms with van der Waals surface area (Å²) < 4.78 is 5.46. The van der Waals surface area contributed by atoms with Crippen molar-refractivity contribution in [1.29, 1.82) is 0 Å². The van der Waals surface area contributed by atoms with Gasteiger partial charge in [-0.05, 0) is 74.3 Å². The van der Waals surface area contributed by atoms with Crippen LogP contribution in [0.3, 0.4) is 0 Å². The van der Waals surface area contributed by atoms with Gasteiger partial charge in [0.05, 0.1) is 18.1 Å². The van der Waals surface area contributed by atoms with Gasteiger partial charge in [0.15, 0.2) is 10.9 Å². The molecule has 11 heteroatoms. The molecule has 3 fully saturated rings. The molecule has 2 saturated carbocycles. The summed E-state index contributed by atoms with van der Waals surface area (Å²) in [5.74, 6) is 0.536. The van der Waals surface area contributed by atoms with Gasteiger partial charge in [-0.15, -0.1) is 11.3 Å². The fraction of sp³-hybridized carbons (Fsp3) is 0.633. The summed E-state index contributed by atoms with van der Waals surface area (Å²) in [6, 6.07) is 2.02. The second-order valence-corrected chi connectivity index (χ2v) is 13.7. The van der Waals surface area contributed by atoms with E-state index in [1.165, 1.54) is 11.3 Å². The highest BCUT2D eigenvalue weighted by Crippen LogP contribution is 2.63. The standard InChI is InChI=1S/C30H38N4O6S/c1-17-15-31-29(41-17)32-25(36)6-3-18-14-24(35)30(2)8-7-20-21(26(18)30)4-5-22-23(20)13-19(28(37)27(22)34(38)39)16-33-9-11-40-12-10-33/h13,15,18,20-21,26,37H,3-12,14,16H2,1-2H3,(H,31,32,36). The number of aromatic nitrogens is 1. The van der Waals surface area contributed by atoms with Crippen LogP contribution in [-0.2, 0) is 27.3 Å². The fourth-order valence-corrected chi connectivity index (χ4v) is 8.99. The summed E-state index contributed by atoms with van der Waals surface area (Å²) in [4.78, 5) is 45.4. The maximum absolute atomic E-state index is 13.4. The molecule has 1 aromatic carbocycles. The maximum Gasteiger partial charge on any atom is 0.314 e. The summed E-state index contributed by atoms with van der Waals surface area (Å²) in [5.41, 5.74) is 1.66. The summed E-state index contributed by atoms with van der Waals surface area (Å²) in [6.07, 6.45) is 5.98. The van der Waals surface area contributed by atoms with E-state index >= 15 is 0 Å². The van der Waals surface area contributed by atoms with E-state index in [0.717, 1.165) is 42.8 Å². The Balaban J connectivity index is 1.27. The predicted octanol–water partition coefficient (Wildman–Crippen LogP) is 4.97. The third-order valence-electron chi connectivity index (χ3n) is 10.2. The van der Waals surface area contributed by atoms with Crippen molar-refractivity contribution in [1.82, 2.24) is 9.88 Å². The minimum atomic E-state index is -0.425. The lowest BCUT2D eigenvalue weighted by atomic mass is 9.53. The number of nitro groups is 1. The van der Waals surface area contributed by atoms with Crippen molar-refractivity contribution in [3.8, 4) is 5.75 Å². The fourth-order valence-electron chi connectivity index (χ4n) is 8.31. The highest BCUT2D eigenvalue weighted by atomic mass is 32.1. The second-order valence-electron chi connectivity index (χ2n) is 12.5. The first kappa shape index (κ1) is 28.2. The average Bonchev–Trinajstić information content (AvgIpc) is 3.47. The van der Waals surface area contributed by atoms with Gasteiger partial charge in [-0.1, -0.05) is 6.92 Å². The number of amides is 1. The Morgan fingerprint density at radius 3 is 2.83 bits per heavy atom. The lowest BCUT2D eigenvalue weighted by Gasteiger charge is -2.50. The first-order valence-electron chi connectivity index (χ1n) is 14.7. The van der Waals surface area contributed by atoms with Crippen molar-refractivity contribution in [2.45, 2.75) is 71.3 Å². The van der Waals surface area contributed by atoms with E-state index in [1.54, 1.807) is 6.20 Å².